The van der Waals surface area contributed by atoms with Crippen LogP contribution < -0.4 is 11.1 Å². The van der Waals surface area contributed by atoms with E-state index in [-0.39, 0.29) is 6.04 Å². The molecule has 0 aromatic carbocycles. The second-order valence-electron chi connectivity index (χ2n) is 3.93. The molecule has 0 fully saturated rings. The first-order valence-corrected chi connectivity index (χ1v) is 5.34. The zero-order chi connectivity index (χ0) is 12.4. The van der Waals surface area contributed by atoms with Crippen molar-refractivity contribution in [1.82, 2.24) is 15.1 Å². The van der Waals surface area contributed by atoms with E-state index in [1.807, 2.05) is 20.8 Å². The van der Waals surface area contributed by atoms with Crippen molar-refractivity contribution in [2.45, 2.75) is 26.8 Å². The molecule has 2 aromatic rings. The molecule has 0 aliphatic carbocycles. The molecule has 2 heterocycles. The lowest BCUT2D eigenvalue weighted by Gasteiger charge is -2.14. The number of nitrogens with one attached hydrogen (secondary N) is 1. The maximum Gasteiger partial charge on any atom is 0.139 e. The zero-order valence-corrected chi connectivity index (χ0v) is 10.1. The van der Waals surface area contributed by atoms with Gasteiger partial charge in [-0.15, -0.1) is 0 Å². The Balaban J connectivity index is 2.20. The highest BCUT2D eigenvalue weighted by Crippen LogP contribution is 2.24. The molecule has 3 N–H and O–H groups in total. The summed E-state index contributed by atoms with van der Waals surface area (Å²) in [6, 6.07) is 1.74. The lowest BCUT2D eigenvalue weighted by Crippen LogP contribution is -2.10. The molecule has 2 aromatic heterocycles. The Kier molecular flexibility index (Phi) is 2.95. The summed E-state index contributed by atoms with van der Waals surface area (Å²) in [5.74, 6) is 1.93. The number of nitrogen functional groups attached to an aromatic ring is 1. The van der Waals surface area contributed by atoms with Gasteiger partial charge in [-0.05, 0) is 20.8 Å². The molecule has 1 unspecified atom stereocenters. The van der Waals surface area contributed by atoms with Crippen LogP contribution in [0, 0.1) is 13.8 Å². The summed E-state index contributed by atoms with van der Waals surface area (Å²) >= 11 is 0. The molecule has 90 valence electrons. The van der Waals surface area contributed by atoms with E-state index in [2.05, 4.69) is 20.4 Å². The summed E-state index contributed by atoms with van der Waals surface area (Å²) in [5.41, 5.74) is 7.51. The molecule has 0 aliphatic heterocycles. The zero-order valence-electron chi connectivity index (χ0n) is 10.1. The monoisotopic (exact) mass is 233 g/mol. The maximum atomic E-state index is 5.59. The Morgan fingerprint density at radius 2 is 2.12 bits per heavy atom. The first-order valence-electron chi connectivity index (χ1n) is 5.34. The van der Waals surface area contributed by atoms with Crippen molar-refractivity contribution in [2.24, 2.45) is 0 Å². The number of rotatable bonds is 3. The van der Waals surface area contributed by atoms with Crippen molar-refractivity contribution in [1.29, 1.82) is 0 Å². The van der Waals surface area contributed by atoms with Crippen LogP contribution in [0.1, 0.15) is 30.0 Å². The Labute approximate surface area is 99.2 Å². The van der Waals surface area contributed by atoms with Crippen molar-refractivity contribution < 1.29 is 4.52 Å². The van der Waals surface area contributed by atoms with Gasteiger partial charge in [-0.3, -0.25) is 0 Å². The highest BCUT2D eigenvalue weighted by molar-refractivity contribution is 5.45. The summed E-state index contributed by atoms with van der Waals surface area (Å²) in [6.07, 6.45) is 1.43. The van der Waals surface area contributed by atoms with Gasteiger partial charge in [-0.1, -0.05) is 5.16 Å². The third-order valence-corrected chi connectivity index (χ3v) is 2.57. The normalized spacial score (nSPS) is 12.4. The van der Waals surface area contributed by atoms with Crippen LogP contribution >= 0.6 is 0 Å². The fourth-order valence-electron chi connectivity index (χ4n) is 1.85. The van der Waals surface area contributed by atoms with Gasteiger partial charge in [0.2, 0.25) is 0 Å². The first-order chi connectivity index (χ1) is 8.08. The van der Waals surface area contributed by atoms with Gasteiger partial charge >= 0.3 is 0 Å². The van der Waals surface area contributed by atoms with Gasteiger partial charge < -0.3 is 15.6 Å². The Bertz CT molecular complexity index is 503. The van der Waals surface area contributed by atoms with Crippen LogP contribution in [0.5, 0.6) is 0 Å². The van der Waals surface area contributed by atoms with Crippen molar-refractivity contribution in [3.05, 3.63) is 29.4 Å². The molecule has 2 rings (SSSR count). The van der Waals surface area contributed by atoms with Crippen molar-refractivity contribution in [3.63, 3.8) is 0 Å². The number of nitrogens with two attached hydrogens (primary N) is 1. The Morgan fingerprint density at radius 1 is 1.35 bits per heavy atom. The predicted molar refractivity (Wildman–Crippen MR) is 64.5 cm³/mol. The average molecular weight is 233 g/mol. The summed E-state index contributed by atoms with van der Waals surface area (Å²) < 4.78 is 5.13. The average Bonchev–Trinajstić information content (AvgIpc) is 2.58. The summed E-state index contributed by atoms with van der Waals surface area (Å²) in [6.45, 7) is 5.82. The number of anilines is 2. The van der Waals surface area contributed by atoms with Gasteiger partial charge in [0, 0.05) is 11.6 Å². The smallest absolute Gasteiger partial charge is 0.139 e. The molecule has 17 heavy (non-hydrogen) atoms. The molecule has 1 atom stereocenters. The molecule has 0 spiro atoms. The minimum Gasteiger partial charge on any atom is -0.384 e. The quantitative estimate of drug-likeness (QED) is 0.840. The van der Waals surface area contributed by atoms with Gasteiger partial charge in [-0.2, -0.15) is 0 Å². The van der Waals surface area contributed by atoms with Gasteiger partial charge in [-0.25, -0.2) is 9.97 Å². The third-order valence-electron chi connectivity index (χ3n) is 2.57. The standard InChI is InChI=1S/C11H15N5O/c1-6(11-7(2)16-17-8(11)3)15-10-4-9(12)13-5-14-10/h4-6H,1-3H3,(H3,12,13,14,15). The topological polar surface area (TPSA) is 89.9 Å². The van der Waals surface area contributed by atoms with Crippen LogP contribution in [-0.4, -0.2) is 15.1 Å². The number of hydrogen-bond donors (Lipinski definition) is 2. The van der Waals surface area contributed by atoms with Gasteiger partial charge in [0.05, 0.1) is 11.7 Å². The van der Waals surface area contributed by atoms with E-state index >= 15 is 0 Å². The first kappa shape index (κ1) is 11.4. The second-order valence-corrected chi connectivity index (χ2v) is 3.93. The van der Waals surface area contributed by atoms with Crippen LogP contribution in [0.25, 0.3) is 0 Å². The van der Waals surface area contributed by atoms with Crippen LogP contribution in [0.15, 0.2) is 16.9 Å². The Hall–Kier alpha value is -2.11. The molecular weight excluding hydrogens is 218 g/mol. The van der Waals surface area contributed by atoms with Crippen LogP contribution in [0.4, 0.5) is 11.6 Å². The SMILES string of the molecule is Cc1noc(C)c1C(C)Nc1cc(N)ncn1. The largest absolute Gasteiger partial charge is 0.384 e. The molecule has 0 bridgehead atoms. The molecule has 6 heteroatoms. The van der Waals surface area contributed by atoms with Crippen molar-refractivity contribution >= 4 is 11.6 Å². The minimum atomic E-state index is 0.0514. The number of hydrogen-bond acceptors (Lipinski definition) is 6. The van der Waals surface area contributed by atoms with E-state index in [9.17, 15) is 0 Å². The fourth-order valence-corrected chi connectivity index (χ4v) is 1.85. The van der Waals surface area contributed by atoms with E-state index in [1.54, 1.807) is 6.07 Å². The fraction of sp³-hybridized carbons (Fsp3) is 0.364. The maximum absolute atomic E-state index is 5.59. The van der Waals surface area contributed by atoms with Crippen molar-refractivity contribution in [2.75, 3.05) is 11.1 Å². The molecule has 6 nitrogen and oxygen atoms in total. The highest BCUT2D eigenvalue weighted by Gasteiger charge is 2.16. The van der Waals surface area contributed by atoms with Crippen LogP contribution in [0.3, 0.4) is 0 Å². The third kappa shape index (κ3) is 2.35. The lowest BCUT2D eigenvalue weighted by atomic mass is 10.1. The molecule has 0 saturated heterocycles. The number of aryl methyl sites for hydroxylation is 2. The Morgan fingerprint density at radius 3 is 2.71 bits per heavy atom. The molecule has 0 saturated carbocycles. The lowest BCUT2D eigenvalue weighted by molar-refractivity contribution is 0.392. The molecule has 0 aliphatic rings. The van der Waals surface area contributed by atoms with E-state index in [0.717, 1.165) is 17.0 Å². The second kappa shape index (κ2) is 4.40. The van der Waals surface area contributed by atoms with Gasteiger partial charge in [0.15, 0.2) is 0 Å². The van der Waals surface area contributed by atoms with E-state index in [0.29, 0.717) is 11.6 Å². The van der Waals surface area contributed by atoms with Crippen LogP contribution in [0.2, 0.25) is 0 Å². The predicted octanol–water partition coefficient (Wildman–Crippen LogP) is 1.84. The molecule has 0 radical (unpaired) electrons. The van der Waals surface area contributed by atoms with Crippen LogP contribution in [-0.2, 0) is 0 Å². The number of nitrogens with zero attached hydrogens (tertiary/aromatic N) is 3. The molecule has 0 amide bonds. The highest BCUT2D eigenvalue weighted by atomic mass is 16.5. The minimum absolute atomic E-state index is 0.0514. The molecular formula is C11H15N5O. The van der Waals surface area contributed by atoms with E-state index in [1.165, 1.54) is 6.33 Å². The van der Waals surface area contributed by atoms with Gasteiger partial charge in [0.1, 0.15) is 23.7 Å². The summed E-state index contributed by atoms with van der Waals surface area (Å²) in [4.78, 5) is 7.94. The van der Waals surface area contributed by atoms with Crippen molar-refractivity contribution in [3.8, 4) is 0 Å². The van der Waals surface area contributed by atoms with E-state index in [4.69, 9.17) is 10.3 Å². The summed E-state index contributed by atoms with van der Waals surface area (Å²) in [7, 11) is 0. The number of aromatic nitrogens is 3. The van der Waals surface area contributed by atoms with E-state index < -0.39 is 0 Å². The summed E-state index contributed by atoms with van der Waals surface area (Å²) in [5, 5.41) is 7.16. The van der Waals surface area contributed by atoms with Gasteiger partial charge in [0.25, 0.3) is 0 Å².